The lowest BCUT2D eigenvalue weighted by atomic mass is 10.2. The van der Waals surface area contributed by atoms with Gasteiger partial charge in [0.2, 0.25) is 0 Å². The van der Waals surface area contributed by atoms with Gasteiger partial charge in [-0.25, -0.2) is 19.4 Å². The quantitative estimate of drug-likeness (QED) is 0.775. The largest absolute Gasteiger partial charge is 0.324 e. The maximum absolute atomic E-state index is 12.1. The second kappa shape index (κ2) is 6.49. The van der Waals surface area contributed by atoms with Crippen molar-refractivity contribution in [2.45, 2.75) is 20.8 Å². The SMILES string of the molecule is Cc1cc(C)n(-c2cc(NC(=O)Nc3ccccc3C)ncn2)n1. The van der Waals surface area contributed by atoms with E-state index in [1.807, 2.05) is 51.1 Å². The summed E-state index contributed by atoms with van der Waals surface area (Å²) in [5.41, 5.74) is 3.60. The van der Waals surface area contributed by atoms with Crippen LogP contribution in [0.2, 0.25) is 0 Å². The molecular formula is C17H18N6O. The molecule has 3 rings (SSSR count). The standard InChI is InChI=1S/C17H18N6O/c1-11-6-4-5-7-14(11)20-17(24)21-15-9-16(19-10-18-15)23-13(3)8-12(2)22-23/h4-10H,1-3H3,(H2,18,19,20,21,24). The van der Waals surface area contributed by atoms with Gasteiger partial charge in [-0.3, -0.25) is 5.32 Å². The summed E-state index contributed by atoms with van der Waals surface area (Å²) in [5, 5.41) is 9.89. The van der Waals surface area contributed by atoms with E-state index in [9.17, 15) is 4.79 Å². The molecule has 0 spiro atoms. The van der Waals surface area contributed by atoms with E-state index in [1.165, 1.54) is 6.33 Å². The molecule has 2 heterocycles. The number of nitrogens with one attached hydrogen (secondary N) is 2. The Balaban J connectivity index is 1.76. The smallest absolute Gasteiger partial charge is 0.307 e. The minimum Gasteiger partial charge on any atom is -0.307 e. The fourth-order valence-corrected chi connectivity index (χ4v) is 2.38. The van der Waals surface area contributed by atoms with E-state index in [-0.39, 0.29) is 6.03 Å². The molecule has 0 aliphatic carbocycles. The van der Waals surface area contributed by atoms with Crippen LogP contribution in [0, 0.1) is 20.8 Å². The topological polar surface area (TPSA) is 84.7 Å². The second-order valence-electron chi connectivity index (χ2n) is 5.49. The van der Waals surface area contributed by atoms with E-state index in [1.54, 1.807) is 10.7 Å². The molecule has 0 unspecified atom stereocenters. The number of benzene rings is 1. The maximum atomic E-state index is 12.1. The Morgan fingerprint density at radius 3 is 2.54 bits per heavy atom. The molecule has 0 aliphatic rings. The predicted molar refractivity (Wildman–Crippen MR) is 92.4 cm³/mol. The van der Waals surface area contributed by atoms with E-state index in [0.717, 1.165) is 22.6 Å². The first-order valence-electron chi connectivity index (χ1n) is 7.52. The van der Waals surface area contributed by atoms with Crippen molar-refractivity contribution in [3.63, 3.8) is 0 Å². The molecule has 122 valence electrons. The van der Waals surface area contributed by atoms with Crippen molar-refractivity contribution in [3.05, 3.63) is 59.7 Å². The van der Waals surface area contributed by atoms with Gasteiger partial charge < -0.3 is 5.32 Å². The lowest BCUT2D eigenvalue weighted by Gasteiger charge is -2.10. The lowest BCUT2D eigenvalue weighted by molar-refractivity contribution is 0.262. The number of rotatable bonds is 3. The van der Waals surface area contributed by atoms with Gasteiger partial charge in [-0.1, -0.05) is 18.2 Å². The van der Waals surface area contributed by atoms with Crippen molar-refractivity contribution < 1.29 is 4.79 Å². The third-order valence-electron chi connectivity index (χ3n) is 3.51. The summed E-state index contributed by atoms with van der Waals surface area (Å²) in [6.45, 7) is 5.79. The molecule has 7 heteroatoms. The monoisotopic (exact) mass is 322 g/mol. The summed E-state index contributed by atoms with van der Waals surface area (Å²) in [4.78, 5) is 20.4. The number of anilines is 2. The summed E-state index contributed by atoms with van der Waals surface area (Å²) >= 11 is 0. The zero-order valence-corrected chi connectivity index (χ0v) is 13.7. The molecule has 0 fully saturated rings. The molecule has 0 aliphatic heterocycles. The van der Waals surface area contributed by atoms with E-state index in [2.05, 4.69) is 25.7 Å². The van der Waals surface area contributed by atoms with E-state index in [0.29, 0.717) is 11.6 Å². The van der Waals surface area contributed by atoms with Crippen LogP contribution in [0.4, 0.5) is 16.3 Å². The second-order valence-corrected chi connectivity index (χ2v) is 5.49. The van der Waals surface area contributed by atoms with Gasteiger partial charge in [-0.05, 0) is 38.5 Å². The van der Waals surface area contributed by atoms with Crippen LogP contribution in [0.1, 0.15) is 17.0 Å². The molecule has 0 bridgehead atoms. The minimum atomic E-state index is -0.359. The van der Waals surface area contributed by atoms with Crippen LogP contribution in [-0.2, 0) is 0 Å². The normalized spacial score (nSPS) is 10.5. The predicted octanol–water partition coefficient (Wildman–Crippen LogP) is 3.23. The van der Waals surface area contributed by atoms with Crippen LogP contribution in [-0.4, -0.2) is 25.8 Å². The molecule has 7 nitrogen and oxygen atoms in total. The van der Waals surface area contributed by atoms with Gasteiger partial charge in [0.1, 0.15) is 12.1 Å². The molecule has 24 heavy (non-hydrogen) atoms. The number of aromatic nitrogens is 4. The number of para-hydroxylation sites is 1. The average molecular weight is 322 g/mol. The number of nitrogens with zero attached hydrogens (tertiary/aromatic N) is 4. The molecule has 1 aromatic carbocycles. The number of hydrogen-bond donors (Lipinski definition) is 2. The first-order chi connectivity index (χ1) is 11.5. The lowest BCUT2D eigenvalue weighted by Crippen LogP contribution is -2.21. The Bertz CT molecular complexity index is 886. The summed E-state index contributed by atoms with van der Waals surface area (Å²) in [5.74, 6) is 1.00. The zero-order chi connectivity index (χ0) is 17.1. The molecule has 0 atom stereocenters. The van der Waals surface area contributed by atoms with Crippen LogP contribution in [0.15, 0.2) is 42.7 Å². The van der Waals surface area contributed by atoms with E-state index >= 15 is 0 Å². The Hall–Kier alpha value is -3.22. The van der Waals surface area contributed by atoms with Gasteiger partial charge in [0.25, 0.3) is 0 Å². The number of amides is 2. The summed E-state index contributed by atoms with van der Waals surface area (Å²) in [7, 11) is 0. The van der Waals surface area contributed by atoms with Gasteiger partial charge in [0.15, 0.2) is 5.82 Å². The molecule has 0 radical (unpaired) electrons. The van der Waals surface area contributed by atoms with E-state index in [4.69, 9.17) is 0 Å². The van der Waals surface area contributed by atoms with Gasteiger partial charge in [0, 0.05) is 17.4 Å². The van der Waals surface area contributed by atoms with Crippen LogP contribution < -0.4 is 10.6 Å². The third-order valence-corrected chi connectivity index (χ3v) is 3.51. The van der Waals surface area contributed by atoms with Gasteiger partial charge in [0.05, 0.1) is 5.69 Å². The summed E-state index contributed by atoms with van der Waals surface area (Å²) in [6, 6.07) is 10.8. The van der Waals surface area contributed by atoms with E-state index < -0.39 is 0 Å². The molecule has 0 saturated heterocycles. The van der Waals surface area contributed by atoms with Crippen molar-refractivity contribution in [2.75, 3.05) is 10.6 Å². The highest BCUT2D eigenvalue weighted by atomic mass is 16.2. The molecular weight excluding hydrogens is 304 g/mol. The zero-order valence-electron chi connectivity index (χ0n) is 13.7. The average Bonchev–Trinajstić information content (AvgIpc) is 2.88. The highest BCUT2D eigenvalue weighted by molar-refractivity contribution is 5.99. The molecule has 2 aromatic heterocycles. The molecule has 0 saturated carbocycles. The Morgan fingerprint density at radius 1 is 1.04 bits per heavy atom. The van der Waals surface area contributed by atoms with Crippen LogP contribution in [0.5, 0.6) is 0 Å². The van der Waals surface area contributed by atoms with Gasteiger partial charge >= 0.3 is 6.03 Å². The highest BCUT2D eigenvalue weighted by Gasteiger charge is 2.09. The third kappa shape index (κ3) is 3.40. The first kappa shape index (κ1) is 15.7. The van der Waals surface area contributed by atoms with Crippen molar-refractivity contribution in [3.8, 4) is 5.82 Å². The first-order valence-corrected chi connectivity index (χ1v) is 7.52. The minimum absolute atomic E-state index is 0.359. The Morgan fingerprint density at radius 2 is 1.83 bits per heavy atom. The Labute approximate surface area is 139 Å². The van der Waals surface area contributed by atoms with Crippen molar-refractivity contribution in [2.24, 2.45) is 0 Å². The van der Waals surface area contributed by atoms with Gasteiger partial charge in [-0.2, -0.15) is 5.10 Å². The van der Waals surface area contributed by atoms with Gasteiger partial charge in [-0.15, -0.1) is 0 Å². The summed E-state index contributed by atoms with van der Waals surface area (Å²) in [6.07, 6.45) is 1.40. The van der Waals surface area contributed by atoms with Crippen LogP contribution >= 0.6 is 0 Å². The number of carbonyl (C=O) groups is 1. The van der Waals surface area contributed by atoms with Crippen molar-refractivity contribution in [1.29, 1.82) is 0 Å². The van der Waals surface area contributed by atoms with Crippen LogP contribution in [0.25, 0.3) is 5.82 Å². The number of aryl methyl sites for hydroxylation is 3. The molecule has 2 N–H and O–H groups in total. The molecule has 3 aromatic rings. The number of urea groups is 1. The fourth-order valence-electron chi connectivity index (χ4n) is 2.38. The highest BCUT2D eigenvalue weighted by Crippen LogP contribution is 2.15. The van der Waals surface area contributed by atoms with Crippen molar-refractivity contribution >= 4 is 17.5 Å². The van der Waals surface area contributed by atoms with Crippen molar-refractivity contribution in [1.82, 2.24) is 19.7 Å². The summed E-state index contributed by atoms with van der Waals surface area (Å²) < 4.78 is 1.71. The Kier molecular flexibility index (Phi) is 4.24. The number of hydrogen-bond acceptors (Lipinski definition) is 4. The van der Waals surface area contributed by atoms with Crippen LogP contribution in [0.3, 0.4) is 0 Å². The fraction of sp³-hybridized carbons (Fsp3) is 0.176. The number of carbonyl (C=O) groups excluding carboxylic acids is 1. The maximum Gasteiger partial charge on any atom is 0.324 e. The molecule has 2 amide bonds.